The summed E-state index contributed by atoms with van der Waals surface area (Å²) in [7, 11) is 1.77. The molecule has 78 valence electrons. The lowest BCUT2D eigenvalue weighted by molar-refractivity contribution is 0.208. The minimum Gasteiger partial charge on any atom is -0.382 e. The van der Waals surface area contributed by atoms with E-state index in [2.05, 4.69) is 31.0 Å². The maximum absolute atomic E-state index is 10.1. The van der Waals surface area contributed by atoms with Crippen LogP contribution in [0, 0.1) is 0 Å². The van der Waals surface area contributed by atoms with Gasteiger partial charge >= 0.3 is 0 Å². The number of hydrogen-bond donors (Lipinski definition) is 1. The van der Waals surface area contributed by atoms with Gasteiger partial charge in [0.15, 0.2) is 0 Å². The topological polar surface area (TPSA) is 63.8 Å². The molecule has 6 heteroatoms. The molecule has 1 unspecified atom stereocenters. The van der Waals surface area contributed by atoms with Gasteiger partial charge in [-0.15, -0.1) is 0 Å². The van der Waals surface area contributed by atoms with Crippen molar-refractivity contribution in [1.82, 2.24) is 19.7 Å². The Morgan fingerprint density at radius 1 is 1.33 bits per heavy atom. The van der Waals surface area contributed by atoms with Gasteiger partial charge < -0.3 is 5.11 Å². The molecule has 0 aromatic carbocycles. The molecule has 0 amide bonds. The fourth-order valence-electron chi connectivity index (χ4n) is 1.34. The molecule has 0 bridgehead atoms. The summed E-state index contributed by atoms with van der Waals surface area (Å²) in [5.74, 6) is 0. The molecule has 0 aliphatic carbocycles. The lowest BCUT2D eigenvalue weighted by Gasteiger charge is -2.10. The van der Waals surface area contributed by atoms with E-state index >= 15 is 0 Å². The average Bonchev–Trinajstić information content (AvgIpc) is 2.59. The van der Waals surface area contributed by atoms with Crippen molar-refractivity contribution in [3.63, 3.8) is 0 Å². The van der Waals surface area contributed by atoms with Gasteiger partial charge in [-0.3, -0.25) is 4.68 Å². The standard InChI is InChI=1S/C9H9BrN4O/c1-14-8(7(10)4-13-14)9(15)6-2-11-5-12-3-6/h2-5,9,15H,1H3. The molecule has 0 radical (unpaired) electrons. The molecule has 0 fully saturated rings. The second-order valence-electron chi connectivity index (χ2n) is 3.08. The minimum atomic E-state index is -0.770. The first kappa shape index (κ1) is 10.3. The second-order valence-corrected chi connectivity index (χ2v) is 3.93. The third-order valence-corrected chi connectivity index (χ3v) is 2.70. The minimum absolute atomic E-state index is 0.641. The largest absolute Gasteiger partial charge is 0.382 e. The van der Waals surface area contributed by atoms with Crippen LogP contribution in [-0.2, 0) is 7.05 Å². The molecular weight excluding hydrogens is 260 g/mol. The average molecular weight is 269 g/mol. The summed E-state index contributed by atoms with van der Waals surface area (Å²) < 4.78 is 2.38. The van der Waals surface area contributed by atoms with Crippen molar-refractivity contribution in [3.8, 4) is 0 Å². The molecule has 2 aromatic rings. The van der Waals surface area contributed by atoms with E-state index in [0.717, 1.165) is 4.47 Å². The van der Waals surface area contributed by atoms with Crippen LogP contribution in [0.3, 0.4) is 0 Å². The van der Waals surface area contributed by atoms with Gasteiger partial charge in [-0.2, -0.15) is 5.10 Å². The molecule has 15 heavy (non-hydrogen) atoms. The Bertz CT molecular complexity index is 437. The highest BCUT2D eigenvalue weighted by molar-refractivity contribution is 9.10. The summed E-state index contributed by atoms with van der Waals surface area (Å²) in [6, 6.07) is 0. The highest BCUT2D eigenvalue weighted by Crippen LogP contribution is 2.26. The van der Waals surface area contributed by atoms with Crippen molar-refractivity contribution in [3.05, 3.63) is 40.6 Å². The first-order chi connectivity index (χ1) is 7.20. The Morgan fingerprint density at radius 2 is 2.00 bits per heavy atom. The van der Waals surface area contributed by atoms with Gasteiger partial charge in [-0.1, -0.05) is 0 Å². The molecule has 2 rings (SSSR count). The highest BCUT2D eigenvalue weighted by atomic mass is 79.9. The summed E-state index contributed by atoms with van der Waals surface area (Å²) in [6.45, 7) is 0. The molecule has 0 aliphatic rings. The Hall–Kier alpha value is -1.27. The van der Waals surface area contributed by atoms with Crippen LogP contribution in [-0.4, -0.2) is 24.9 Å². The highest BCUT2D eigenvalue weighted by Gasteiger charge is 2.18. The Labute approximate surface area is 94.9 Å². The summed E-state index contributed by atoms with van der Waals surface area (Å²) in [5.41, 5.74) is 1.33. The number of rotatable bonds is 2. The molecule has 2 aromatic heterocycles. The number of aryl methyl sites for hydroxylation is 1. The summed E-state index contributed by atoms with van der Waals surface area (Å²) in [6.07, 6.45) is 5.46. The van der Waals surface area contributed by atoms with Crippen LogP contribution in [0.25, 0.3) is 0 Å². The van der Waals surface area contributed by atoms with Crippen molar-refractivity contribution in [2.24, 2.45) is 7.05 Å². The summed E-state index contributed by atoms with van der Waals surface area (Å²) >= 11 is 3.33. The van der Waals surface area contributed by atoms with Crippen LogP contribution in [0.1, 0.15) is 17.4 Å². The monoisotopic (exact) mass is 268 g/mol. The predicted octanol–water partition coefficient (Wildman–Crippen LogP) is 1.05. The molecule has 5 nitrogen and oxygen atoms in total. The van der Waals surface area contributed by atoms with E-state index in [0.29, 0.717) is 11.3 Å². The summed E-state index contributed by atoms with van der Waals surface area (Å²) in [4.78, 5) is 7.72. The van der Waals surface area contributed by atoms with Crippen LogP contribution in [0.2, 0.25) is 0 Å². The first-order valence-corrected chi connectivity index (χ1v) is 5.10. The molecule has 0 aliphatic heterocycles. The van der Waals surface area contributed by atoms with Gasteiger partial charge in [0.25, 0.3) is 0 Å². The maximum atomic E-state index is 10.1. The zero-order valence-electron chi connectivity index (χ0n) is 8.00. The van der Waals surface area contributed by atoms with Crippen molar-refractivity contribution < 1.29 is 5.11 Å². The lowest BCUT2D eigenvalue weighted by atomic mass is 10.1. The number of aliphatic hydroxyl groups excluding tert-OH is 1. The smallest absolute Gasteiger partial charge is 0.125 e. The SMILES string of the molecule is Cn1ncc(Br)c1C(O)c1cncnc1. The number of nitrogens with zero attached hydrogens (tertiary/aromatic N) is 4. The molecular formula is C9H9BrN4O. The van der Waals surface area contributed by atoms with E-state index in [1.165, 1.54) is 6.33 Å². The van der Waals surface area contributed by atoms with E-state index in [9.17, 15) is 5.11 Å². The maximum Gasteiger partial charge on any atom is 0.125 e. The van der Waals surface area contributed by atoms with Crippen LogP contribution in [0.4, 0.5) is 0 Å². The molecule has 0 saturated heterocycles. The van der Waals surface area contributed by atoms with E-state index in [-0.39, 0.29) is 0 Å². The number of hydrogen-bond acceptors (Lipinski definition) is 4. The van der Waals surface area contributed by atoms with Gasteiger partial charge in [0.2, 0.25) is 0 Å². The van der Waals surface area contributed by atoms with Crippen LogP contribution in [0.15, 0.2) is 29.4 Å². The number of halogens is 1. The zero-order valence-corrected chi connectivity index (χ0v) is 9.59. The van der Waals surface area contributed by atoms with Gasteiger partial charge in [-0.25, -0.2) is 9.97 Å². The molecule has 0 spiro atoms. The van der Waals surface area contributed by atoms with Crippen molar-refractivity contribution in [2.45, 2.75) is 6.10 Å². The fourth-order valence-corrected chi connectivity index (χ4v) is 1.90. The fraction of sp³-hybridized carbons (Fsp3) is 0.222. The van der Waals surface area contributed by atoms with E-state index in [1.807, 2.05) is 0 Å². The third-order valence-electron chi connectivity index (χ3n) is 2.09. The molecule has 0 saturated carbocycles. The Morgan fingerprint density at radius 3 is 2.53 bits per heavy atom. The normalized spacial score (nSPS) is 12.7. The summed E-state index contributed by atoms with van der Waals surface area (Å²) in [5, 5.41) is 14.1. The molecule has 2 heterocycles. The zero-order chi connectivity index (χ0) is 10.8. The van der Waals surface area contributed by atoms with Gasteiger partial charge in [-0.05, 0) is 15.9 Å². The molecule has 1 N–H and O–H groups in total. The first-order valence-electron chi connectivity index (χ1n) is 4.30. The van der Waals surface area contributed by atoms with E-state index in [4.69, 9.17) is 0 Å². The third kappa shape index (κ3) is 1.91. The quantitative estimate of drug-likeness (QED) is 0.885. The second kappa shape index (κ2) is 4.08. The van der Waals surface area contributed by atoms with Gasteiger partial charge in [0.1, 0.15) is 12.4 Å². The van der Waals surface area contributed by atoms with Crippen molar-refractivity contribution >= 4 is 15.9 Å². The van der Waals surface area contributed by atoms with E-state index in [1.54, 1.807) is 30.3 Å². The lowest BCUT2D eigenvalue weighted by Crippen LogP contribution is -2.07. The van der Waals surface area contributed by atoms with E-state index < -0.39 is 6.10 Å². The van der Waals surface area contributed by atoms with Gasteiger partial charge in [0, 0.05) is 25.0 Å². The number of aromatic nitrogens is 4. The Balaban J connectivity index is 2.41. The van der Waals surface area contributed by atoms with Crippen LogP contribution < -0.4 is 0 Å². The van der Waals surface area contributed by atoms with Crippen LogP contribution in [0.5, 0.6) is 0 Å². The van der Waals surface area contributed by atoms with Crippen molar-refractivity contribution in [1.29, 1.82) is 0 Å². The van der Waals surface area contributed by atoms with Crippen molar-refractivity contribution in [2.75, 3.05) is 0 Å². The number of aliphatic hydroxyl groups is 1. The predicted molar refractivity (Wildman–Crippen MR) is 57.0 cm³/mol. The van der Waals surface area contributed by atoms with Crippen LogP contribution >= 0.6 is 15.9 Å². The molecule has 1 atom stereocenters. The van der Waals surface area contributed by atoms with Gasteiger partial charge in [0.05, 0.1) is 16.4 Å². The Kier molecular flexibility index (Phi) is 2.79.